The first-order chi connectivity index (χ1) is 13.2. The molecule has 1 N–H and O–H groups in total. The van der Waals surface area contributed by atoms with Crippen LogP contribution in [0.2, 0.25) is 0 Å². The Morgan fingerprint density at radius 2 is 1.89 bits per heavy atom. The Morgan fingerprint density at radius 1 is 1.11 bits per heavy atom. The number of aromatic nitrogens is 2. The molecule has 6 heteroatoms. The van der Waals surface area contributed by atoms with Crippen LogP contribution in [0.1, 0.15) is 5.56 Å². The minimum absolute atomic E-state index is 0.0942. The van der Waals surface area contributed by atoms with Crippen LogP contribution in [0.3, 0.4) is 0 Å². The summed E-state index contributed by atoms with van der Waals surface area (Å²) in [6, 6.07) is 17.9. The number of ether oxygens (including phenoxy) is 1. The number of aryl methyl sites for hydroxylation is 1. The lowest BCUT2D eigenvalue weighted by atomic mass is 10.1. The van der Waals surface area contributed by atoms with Gasteiger partial charge < -0.3 is 9.72 Å². The van der Waals surface area contributed by atoms with Crippen LogP contribution in [0.25, 0.3) is 21.3 Å². The molecular weight excluding hydrogens is 376 g/mol. The maximum absolute atomic E-state index is 12.6. The molecule has 0 spiro atoms. The van der Waals surface area contributed by atoms with Crippen molar-refractivity contribution in [1.29, 1.82) is 0 Å². The summed E-state index contributed by atoms with van der Waals surface area (Å²) in [7, 11) is 0. The molecule has 0 atom stereocenters. The molecule has 4 nitrogen and oxygen atoms in total. The number of fused-ring (bicyclic) bond motifs is 1. The Balaban J connectivity index is 1.49. The zero-order valence-electron chi connectivity index (χ0n) is 14.8. The van der Waals surface area contributed by atoms with E-state index in [-0.39, 0.29) is 5.56 Å². The van der Waals surface area contributed by atoms with Gasteiger partial charge in [-0.05, 0) is 24.6 Å². The first-order valence-corrected chi connectivity index (χ1v) is 10.5. The lowest BCUT2D eigenvalue weighted by Gasteiger charge is -2.05. The van der Waals surface area contributed by atoms with E-state index in [0.717, 1.165) is 21.7 Å². The second-order valence-electron chi connectivity index (χ2n) is 6.08. The van der Waals surface area contributed by atoms with E-state index in [1.54, 1.807) is 0 Å². The normalized spacial score (nSPS) is 11.0. The molecule has 4 rings (SSSR count). The first kappa shape index (κ1) is 17.8. The summed E-state index contributed by atoms with van der Waals surface area (Å²) < 4.78 is 5.68. The Labute approximate surface area is 165 Å². The van der Waals surface area contributed by atoms with E-state index >= 15 is 0 Å². The predicted molar refractivity (Wildman–Crippen MR) is 113 cm³/mol. The molecule has 0 aliphatic rings. The second-order valence-corrected chi connectivity index (χ2v) is 8.02. The van der Waals surface area contributed by atoms with Gasteiger partial charge in [-0.1, -0.05) is 59.8 Å². The van der Waals surface area contributed by atoms with Crippen molar-refractivity contribution in [3.05, 3.63) is 75.9 Å². The van der Waals surface area contributed by atoms with Crippen LogP contribution >= 0.6 is 23.1 Å². The van der Waals surface area contributed by atoms with E-state index in [1.165, 1.54) is 28.7 Å². The van der Waals surface area contributed by atoms with Crippen molar-refractivity contribution in [2.45, 2.75) is 12.1 Å². The molecule has 0 unspecified atom stereocenters. The Bertz CT molecular complexity index is 1100. The molecule has 0 fully saturated rings. The van der Waals surface area contributed by atoms with Gasteiger partial charge in [-0.2, -0.15) is 0 Å². The van der Waals surface area contributed by atoms with Crippen LogP contribution in [0.5, 0.6) is 5.75 Å². The van der Waals surface area contributed by atoms with Crippen LogP contribution < -0.4 is 10.3 Å². The molecule has 0 aliphatic heterocycles. The number of thiophene rings is 1. The summed E-state index contributed by atoms with van der Waals surface area (Å²) in [5.41, 5.74) is 3.08. The molecule has 136 valence electrons. The van der Waals surface area contributed by atoms with Crippen molar-refractivity contribution in [3.63, 3.8) is 0 Å². The Kier molecular flexibility index (Phi) is 5.27. The smallest absolute Gasteiger partial charge is 0.260 e. The molecular formula is C21H18N2O2S2. The zero-order valence-corrected chi connectivity index (χ0v) is 16.4. The fraction of sp³-hybridized carbons (Fsp3) is 0.143. The van der Waals surface area contributed by atoms with Gasteiger partial charge in [0.25, 0.3) is 5.56 Å². The number of para-hydroxylation sites is 1. The van der Waals surface area contributed by atoms with Gasteiger partial charge in [0.15, 0.2) is 5.16 Å². The largest absolute Gasteiger partial charge is 0.493 e. The first-order valence-electron chi connectivity index (χ1n) is 8.60. The summed E-state index contributed by atoms with van der Waals surface area (Å²) in [5.74, 6) is 1.55. The van der Waals surface area contributed by atoms with Gasteiger partial charge in [-0.15, -0.1) is 11.3 Å². The monoisotopic (exact) mass is 394 g/mol. The van der Waals surface area contributed by atoms with Crippen molar-refractivity contribution >= 4 is 33.3 Å². The molecule has 2 aromatic carbocycles. The molecule has 0 aliphatic carbocycles. The number of hydrogen-bond acceptors (Lipinski definition) is 5. The van der Waals surface area contributed by atoms with Gasteiger partial charge in [-0.3, -0.25) is 4.79 Å². The summed E-state index contributed by atoms with van der Waals surface area (Å²) >= 11 is 2.99. The van der Waals surface area contributed by atoms with Gasteiger partial charge in [0, 0.05) is 16.7 Å². The van der Waals surface area contributed by atoms with Gasteiger partial charge in [0.1, 0.15) is 10.6 Å². The molecule has 0 saturated heterocycles. The van der Waals surface area contributed by atoms with Crippen molar-refractivity contribution in [1.82, 2.24) is 9.97 Å². The number of nitrogens with zero attached hydrogens (tertiary/aromatic N) is 1. The lowest BCUT2D eigenvalue weighted by molar-refractivity contribution is 0.344. The van der Waals surface area contributed by atoms with Crippen molar-refractivity contribution < 1.29 is 4.74 Å². The average Bonchev–Trinajstić information content (AvgIpc) is 3.11. The van der Waals surface area contributed by atoms with Gasteiger partial charge in [0.2, 0.25) is 0 Å². The van der Waals surface area contributed by atoms with Crippen LogP contribution in [-0.2, 0) is 0 Å². The van der Waals surface area contributed by atoms with Crippen LogP contribution in [-0.4, -0.2) is 22.3 Å². The number of benzene rings is 2. The van der Waals surface area contributed by atoms with E-state index in [2.05, 4.69) is 29.0 Å². The highest BCUT2D eigenvalue weighted by Gasteiger charge is 2.13. The molecule has 0 radical (unpaired) electrons. The van der Waals surface area contributed by atoms with Gasteiger partial charge >= 0.3 is 0 Å². The van der Waals surface area contributed by atoms with E-state index in [0.29, 0.717) is 22.9 Å². The number of aromatic amines is 1. The van der Waals surface area contributed by atoms with Crippen molar-refractivity contribution in [3.8, 4) is 16.9 Å². The highest BCUT2D eigenvalue weighted by Crippen LogP contribution is 2.31. The molecule has 0 bridgehead atoms. The second kappa shape index (κ2) is 7.98. The van der Waals surface area contributed by atoms with Crippen LogP contribution in [0.4, 0.5) is 0 Å². The Hall–Kier alpha value is -2.57. The highest BCUT2D eigenvalue weighted by molar-refractivity contribution is 7.99. The quantitative estimate of drug-likeness (QED) is 0.280. The van der Waals surface area contributed by atoms with E-state index in [9.17, 15) is 4.79 Å². The SMILES string of the molecule is Cc1ccc(-c2csc3nc(SCCOc4ccccc4)[nH]c(=O)c23)cc1. The average molecular weight is 395 g/mol. The van der Waals surface area contributed by atoms with Gasteiger partial charge in [-0.25, -0.2) is 4.98 Å². The van der Waals surface area contributed by atoms with Gasteiger partial charge in [0.05, 0.1) is 12.0 Å². The number of H-pyrrole nitrogens is 1. The number of hydrogen-bond donors (Lipinski definition) is 1. The third-order valence-electron chi connectivity index (χ3n) is 4.12. The number of nitrogens with one attached hydrogen (secondary N) is 1. The molecule has 0 amide bonds. The van der Waals surface area contributed by atoms with Crippen LogP contribution in [0.15, 0.2) is 69.9 Å². The van der Waals surface area contributed by atoms with E-state index in [1.807, 2.05) is 47.8 Å². The molecule has 2 aromatic heterocycles. The fourth-order valence-corrected chi connectivity index (χ4v) is 4.44. The minimum Gasteiger partial charge on any atom is -0.493 e. The highest BCUT2D eigenvalue weighted by atomic mass is 32.2. The minimum atomic E-state index is -0.0942. The topological polar surface area (TPSA) is 55.0 Å². The summed E-state index contributed by atoms with van der Waals surface area (Å²) in [5, 5.41) is 3.29. The summed E-state index contributed by atoms with van der Waals surface area (Å²) in [6.45, 7) is 2.60. The van der Waals surface area contributed by atoms with E-state index in [4.69, 9.17) is 4.74 Å². The number of thioether (sulfide) groups is 1. The molecule has 27 heavy (non-hydrogen) atoms. The molecule has 2 heterocycles. The van der Waals surface area contributed by atoms with Crippen molar-refractivity contribution in [2.75, 3.05) is 12.4 Å². The third-order valence-corrected chi connectivity index (χ3v) is 5.83. The summed E-state index contributed by atoms with van der Waals surface area (Å²) in [6.07, 6.45) is 0. The van der Waals surface area contributed by atoms with Crippen molar-refractivity contribution in [2.24, 2.45) is 0 Å². The molecule has 0 saturated carbocycles. The fourth-order valence-electron chi connectivity index (χ4n) is 2.76. The lowest BCUT2D eigenvalue weighted by Crippen LogP contribution is -2.09. The Morgan fingerprint density at radius 3 is 2.67 bits per heavy atom. The maximum Gasteiger partial charge on any atom is 0.260 e. The predicted octanol–water partition coefficient (Wildman–Crippen LogP) is 5.13. The summed E-state index contributed by atoms with van der Waals surface area (Å²) in [4.78, 5) is 20.9. The third kappa shape index (κ3) is 4.07. The van der Waals surface area contributed by atoms with E-state index < -0.39 is 0 Å². The van der Waals surface area contributed by atoms with Crippen LogP contribution in [0, 0.1) is 6.92 Å². The number of rotatable bonds is 6. The maximum atomic E-state index is 12.6. The standard InChI is InChI=1S/C21H18N2O2S2/c1-14-7-9-15(10-8-14)17-13-27-20-18(17)19(24)22-21(23-20)26-12-11-25-16-5-3-2-4-6-16/h2-10,13H,11-12H2,1H3,(H,22,23,24). The zero-order chi connectivity index (χ0) is 18.6. The molecule has 4 aromatic rings.